The number of carbonyl (C=O) groups is 2. The molecule has 1 saturated heterocycles. The number of hydrogen-bond acceptors (Lipinski definition) is 4. The summed E-state index contributed by atoms with van der Waals surface area (Å²) >= 11 is 0. The third-order valence-corrected chi connectivity index (χ3v) is 3.49. The van der Waals surface area contributed by atoms with Crippen LogP contribution in [0.15, 0.2) is 24.3 Å². The van der Waals surface area contributed by atoms with Gasteiger partial charge in [-0.1, -0.05) is 12.1 Å². The van der Waals surface area contributed by atoms with Crippen molar-refractivity contribution in [1.82, 2.24) is 4.90 Å². The molecule has 1 aromatic rings. The molecule has 0 aromatic heterocycles. The third kappa shape index (κ3) is 4.22. The standard InChI is InChI=1S/C17H20FN3O3/c1-17(2,3)24-16(23)21-10-12(18)8-14(21)15(22)20-13-7-5-4-6-11(13)9-19/h4-7,12,14H,8,10H2,1-3H3,(H,20,22)/t12-,14-/m1/s1. The van der Waals surface area contributed by atoms with Crippen LogP contribution in [0.1, 0.15) is 32.8 Å². The van der Waals surface area contributed by atoms with E-state index >= 15 is 0 Å². The Labute approximate surface area is 140 Å². The van der Waals surface area contributed by atoms with Crippen molar-refractivity contribution in [3.8, 4) is 6.07 Å². The number of benzene rings is 1. The summed E-state index contributed by atoms with van der Waals surface area (Å²) in [7, 11) is 0. The maximum absolute atomic E-state index is 13.8. The Morgan fingerprint density at radius 2 is 2.04 bits per heavy atom. The van der Waals surface area contributed by atoms with E-state index in [2.05, 4.69) is 5.32 Å². The monoisotopic (exact) mass is 333 g/mol. The summed E-state index contributed by atoms with van der Waals surface area (Å²) in [5.74, 6) is -0.538. The fourth-order valence-electron chi connectivity index (χ4n) is 2.46. The highest BCUT2D eigenvalue weighted by atomic mass is 19.1. The van der Waals surface area contributed by atoms with Crippen molar-refractivity contribution in [3.05, 3.63) is 29.8 Å². The maximum Gasteiger partial charge on any atom is 0.411 e. The number of ether oxygens (including phenoxy) is 1. The van der Waals surface area contributed by atoms with E-state index in [1.165, 1.54) is 0 Å². The zero-order chi connectivity index (χ0) is 17.9. The molecule has 1 fully saturated rings. The summed E-state index contributed by atoms with van der Waals surface area (Å²) in [6.45, 7) is 4.91. The quantitative estimate of drug-likeness (QED) is 0.902. The van der Waals surface area contributed by atoms with Crippen molar-refractivity contribution in [2.75, 3.05) is 11.9 Å². The molecule has 6 nitrogen and oxygen atoms in total. The first-order valence-electron chi connectivity index (χ1n) is 7.65. The van der Waals surface area contributed by atoms with Crippen LogP contribution in [-0.2, 0) is 9.53 Å². The number of hydrogen-bond donors (Lipinski definition) is 1. The summed E-state index contributed by atoms with van der Waals surface area (Å²) in [4.78, 5) is 25.8. The average Bonchev–Trinajstić information content (AvgIpc) is 2.88. The average molecular weight is 333 g/mol. The molecule has 1 N–H and O–H groups in total. The van der Waals surface area contributed by atoms with Gasteiger partial charge in [0.05, 0.1) is 17.8 Å². The molecule has 7 heteroatoms. The van der Waals surface area contributed by atoms with Gasteiger partial charge in [0, 0.05) is 6.42 Å². The van der Waals surface area contributed by atoms with Gasteiger partial charge < -0.3 is 10.1 Å². The molecule has 2 atom stereocenters. The number of anilines is 1. The first-order valence-corrected chi connectivity index (χ1v) is 7.65. The van der Waals surface area contributed by atoms with Crippen molar-refractivity contribution < 1.29 is 18.7 Å². The summed E-state index contributed by atoms with van der Waals surface area (Å²) in [6.07, 6.45) is -2.12. The topological polar surface area (TPSA) is 82.4 Å². The zero-order valence-corrected chi connectivity index (χ0v) is 13.9. The normalized spacial score (nSPS) is 20.4. The van der Waals surface area contributed by atoms with Crippen LogP contribution in [0.25, 0.3) is 0 Å². The number of nitrogens with zero attached hydrogens (tertiary/aromatic N) is 2. The molecular weight excluding hydrogens is 313 g/mol. The van der Waals surface area contributed by atoms with Crippen molar-refractivity contribution >= 4 is 17.7 Å². The minimum Gasteiger partial charge on any atom is -0.444 e. The van der Waals surface area contributed by atoms with Gasteiger partial charge in [-0.05, 0) is 32.9 Å². The number of carbonyl (C=O) groups excluding carboxylic acids is 2. The van der Waals surface area contributed by atoms with E-state index in [9.17, 15) is 14.0 Å². The van der Waals surface area contributed by atoms with Gasteiger partial charge in [-0.3, -0.25) is 9.69 Å². The van der Waals surface area contributed by atoms with Crippen molar-refractivity contribution in [3.63, 3.8) is 0 Å². The fourth-order valence-corrected chi connectivity index (χ4v) is 2.46. The van der Waals surface area contributed by atoms with Gasteiger partial charge in [0.1, 0.15) is 23.9 Å². The van der Waals surface area contributed by atoms with Gasteiger partial charge in [-0.25, -0.2) is 9.18 Å². The van der Waals surface area contributed by atoms with Gasteiger partial charge >= 0.3 is 6.09 Å². The molecule has 1 aromatic carbocycles. The lowest BCUT2D eigenvalue weighted by Crippen LogP contribution is -2.45. The van der Waals surface area contributed by atoms with Crippen LogP contribution >= 0.6 is 0 Å². The molecule has 0 spiro atoms. The highest BCUT2D eigenvalue weighted by molar-refractivity contribution is 5.97. The zero-order valence-electron chi connectivity index (χ0n) is 13.9. The second-order valence-electron chi connectivity index (χ2n) is 6.63. The Morgan fingerprint density at radius 3 is 2.67 bits per heavy atom. The first kappa shape index (κ1) is 17.7. The van der Waals surface area contributed by atoms with Gasteiger partial charge in [-0.15, -0.1) is 0 Å². The number of amides is 2. The van der Waals surface area contributed by atoms with E-state index in [1.807, 2.05) is 6.07 Å². The lowest BCUT2D eigenvalue weighted by atomic mass is 10.1. The Hall–Kier alpha value is -2.62. The van der Waals surface area contributed by atoms with Crippen LogP contribution in [0.5, 0.6) is 0 Å². The predicted molar refractivity (Wildman–Crippen MR) is 86.0 cm³/mol. The summed E-state index contributed by atoms with van der Waals surface area (Å²) in [5, 5.41) is 11.7. The molecule has 0 saturated carbocycles. The summed E-state index contributed by atoms with van der Waals surface area (Å²) in [5.41, 5.74) is -0.110. The Morgan fingerprint density at radius 1 is 1.38 bits per heavy atom. The van der Waals surface area contributed by atoms with Crippen LogP contribution < -0.4 is 5.32 Å². The highest BCUT2D eigenvalue weighted by Crippen LogP contribution is 2.25. The Balaban J connectivity index is 2.14. The molecule has 0 bridgehead atoms. The van der Waals surface area contributed by atoms with Crippen molar-refractivity contribution in [2.24, 2.45) is 0 Å². The number of para-hydroxylation sites is 1. The fraction of sp³-hybridized carbons (Fsp3) is 0.471. The molecule has 1 aliphatic rings. The highest BCUT2D eigenvalue weighted by Gasteiger charge is 2.41. The second kappa shape index (κ2) is 6.87. The van der Waals surface area contributed by atoms with Gasteiger partial charge in [-0.2, -0.15) is 5.26 Å². The molecular formula is C17H20FN3O3. The largest absolute Gasteiger partial charge is 0.444 e. The first-order chi connectivity index (χ1) is 11.2. The molecule has 0 radical (unpaired) electrons. The number of nitrogens with one attached hydrogen (secondary N) is 1. The maximum atomic E-state index is 13.8. The minimum absolute atomic E-state index is 0.0974. The van der Waals surface area contributed by atoms with Gasteiger partial charge in [0.15, 0.2) is 0 Å². The molecule has 0 aliphatic carbocycles. The van der Waals surface area contributed by atoms with E-state index in [1.54, 1.807) is 45.0 Å². The second-order valence-corrected chi connectivity index (χ2v) is 6.63. The van der Waals surface area contributed by atoms with Crippen LogP contribution in [0.2, 0.25) is 0 Å². The van der Waals surface area contributed by atoms with E-state index in [0.29, 0.717) is 11.3 Å². The molecule has 2 amide bonds. The number of halogens is 1. The van der Waals surface area contributed by atoms with Gasteiger partial charge in [0.2, 0.25) is 5.91 Å². The molecule has 24 heavy (non-hydrogen) atoms. The van der Waals surface area contributed by atoms with Crippen LogP contribution in [0, 0.1) is 11.3 Å². The smallest absolute Gasteiger partial charge is 0.411 e. The van der Waals surface area contributed by atoms with Crippen LogP contribution in [-0.4, -0.2) is 41.3 Å². The number of alkyl halides is 1. The number of likely N-dealkylation sites (tertiary alicyclic amines) is 1. The predicted octanol–water partition coefficient (Wildman–Crippen LogP) is 2.84. The SMILES string of the molecule is CC(C)(C)OC(=O)N1C[C@H](F)C[C@@H]1C(=O)Nc1ccccc1C#N. The molecule has 0 unspecified atom stereocenters. The summed E-state index contributed by atoms with van der Waals surface area (Å²) in [6, 6.07) is 7.49. The van der Waals surface area contributed by atoms with Gasteiger partial charge in [0.25, 0.3) is 0 Å². The van der Waals surface area contributed by atoms with Crippen LogP contribution in [0.4, 0.5) is 14.9 Å². The van der Waals surface area contributed by atoms with E-state index in [0.717, 1.165) is 4.90 Å². The minimum atomic E-state index is -1.29. The lowest BCUT2D eigenvalue weighted by Gasteiger charge is -2.27. The van der Waals surface area contributed by atoms with Crippen LogP contribution in [0.3, 0.4) is 0 Å². The molecule has 2 rings (SSSR count). The van der Waals surface area contributed by atoms with E-state index in [-0.39, 0.29) is 13.0 Å². The Bertz CT molecular complexity index is 678. The van der Waals surface area contributed by atoms with E-state index in [4.69, 9.17) is 10.00 Å². The summed E-state index contributed by atoms with van der Waals surface area (Å²) < 4.78 is 19.0. The lowest BCUT2D eigenvalue weighted by molar-refractivity contribution is -0.120. The van der Waals surface area contributed by atoms with Crippen molar-refractivity contribution in [2.45, 2.75) is 45.0 Å². The van der Waals surface area contributed by atoms with Crippen molar-refractivity contribution in [1.29, 1.82) is 5.26 Å². The number of rotatable bonds is 2. The molecule has 128 valence electrons. The molecule has 1 heterocycles. The Kier molecular flexibility index (Phi) is 5.07. The number of nitriles is 1. The third-order valence-electron chi connectivity index (χ3n) is 3.49. The molecule has 1 aliphatic heterocycles. The van der Waals surface area contributed by atoms with E-state index < -0.39 is 29.8 Å².